The highest BCUT2D eigenvalue weighted by Gasteiger charge is 2.51. The molecule has 0 spiro atoms. The molecule has 0 aliphatic carbocycles. The Balaban J connectivity index is 2.21. The van der Waals surface area contributed by atoms with Crippen LogP contribution in [0.25, 0.3) is 0 Å². The lowest BCUT2D eigenvalue weighted by Gasteiger charge is -2.53. The lowest BCUT2D eigenvalue weighted by molar-refractivity contribution is -0.124. The zero-order valence-corrected chi connectivity index (χ0v) is 16.3. The molecule has 132 valence electrons. The van der Waals surface area contributed by atoms with Gasteiger partial charge in [0.25, 0.3) is 0 Å². The normalized spacial score (nSPS) is 31.7. The number of piperidine rings is 1. The maximum Gasteiger partial charge on any atom is 0.410 e. The minimum absolute atomic E-state index is 0.157. The molecule has 2 unspecified atom stereocenters. The second-order valence-electron chi connectivity index (χ2n) is 8.90. The number of amides is 1. The highest BCUT2D eigenvalue weighted by Crippen LogP contribution is 2.41. The molecule has 1 amide bonds. The molecule has 2 bridgehead atoms. The summed E-state index contributed by atoms with van der Waals surface area (Å²) in [6.07, 6.45) is 0.647. The summed E-state index contributed by atoms with van der Waals surface area (Å²) >= 11 is 0. The van der Waals surface area contributed by atoms with E-state index in [0.717, 1.165) is 5.20 Å². The summed E-state index contributed by atoms with van der Waals surface area (Å²) in [5.41, 5.74) is -1.43. The van der Waals surface area contributed by atoms with Crippen LogP contribution in [-0.4, -0.2) is 60.7 Å². The second kappa shape index (κ2) is 5.90. The lowest BCUT2D eigenvalue weighted by Crippen LogP contribution is -2.65. The Morgan fingerprint density at radius 3 is 2.13 bits per heavy atom. The lowest BCUT2D eigenvalue weighted by atomic mass is 9.81. The third-order valence-electron chi connectivity index (χ3n) is 4.63. The van der Waals surface area contributed by atoms with Crippen LogP contribution < -0.4 is 0 Å². The summed E-state index contributed by atoms with van der Waals surface area (Å²) in [7, 11) is -1.68. The molecule has 6 heteroatoms. The van der Waals surface area contributed by atoms with Crippen LogP contribution >= 0.6 is 0 Å². The van der Waals surface area contributed by atoms with Gasteiger partial charge < -0.3 is 14.6 Å². The summed E-state index contributed by atoms with van der Waals surface area (Å²) < 4.78 is 11.2. The van der Waals surface area contributed by atoms with E-state index in [2.05, 4.69) is 26.2 Å². The van der Waals surface area contributed by atoms with Gasteiger partial charge in [-0.15, -0.1) is 6.58 Å². The quantitative estimate of drug-likeness (QED) is 0.785. The van der Waals surface area contributed by atoms with Crippen LogP contribution in [0.4, 0.5) is 4.79 Å². The SMILES string of the molecule is C=C(C1(O)CC2COCC(C1)N2C(=O)OC(C)(C)C)[Si](C)(C)C. The molecule has 2 rings (SSSR count). The summed E-state index contributed by atoms with van der Waals surface area (Å²) in [6, 6.07) is -0.314. The van der Waals surface area contributed by atoms with E-state index < -0.39 is 19.3 Å². The van der Waals surface area contributed by atoms with E-state index in [1.165, 1.54) is 0 Å². The third-order valence-corrected chi connectivity index (χ3v) is 6.90. The first-order chi connectivity index (χ1) is 10.3. The number of hydrogen-bond acceptors (Lipinski definition) is 4. The van der Waals surface area contributed by atoms with Crippen LogP contribution in [0.15, 0.2) is 11.8 Å². The molecule has 23 heavy (non-hydrogen) atoms. The Morgan fingerprint density at radius 2 is 1.74 bits per heavy atom. The first-order valence-corrected chi connectivity index (χ1v) is 11.8. The zero-order chi connectivity index (χ0) is 17.6. The van der Waals surface area contributed by atoms with Crippen molar-refractivity contribution < 1.29 is 19.4 Å². The van der Waals surface area contributed by atoms with E-state index in [1.54, 1.807) is 4.90 Å². The van der Waals surface area contributed by atoms with Gasteiger partial charge in [-0.2, -0.15) is 0 Å². The largest absolute Gasteiger partial charge is 0.444 e. The van der Waals surface area contributed by atoms with Crippen LogP contribution in [0.1, 0.15) is 33.6 Å². The van der Waals surface area contributed by atoms with Gasteiger partial charge in [0.15, 0.2) is 0 Å². The van der Waals surface area contributed by atoms with Crippen molar-refractivity contribution in [1.82, 2.24) is 4.90 Å². The minimum Gasteiger partial charge on any atom is -0.444 e. The average molecular weight is 342 g/mol. The monoisotopic (exact) mass is 341 g/mol. The summed E-state index contributed by atoms with van der Waals surface area (Å²) in [5.74, 6) is 0. The fraction of sp³-hybridized carbons (Fsp3) is 0.824. The highest BCUT2D eigenvalue weighted by atomic mass is 28.3. The fourth-order valence-corrected chi connectivity index (χ4v) is 5.13. The van der Waals surface area contributed by atoms with E-state index in [1.807, 2.05) is 20.8 Å². The maximum atomic E-state index is 12.6. The third kappa shape index (κ3) is 3.98. The molecule has 2 fully saturated rings. The molecule has 2 heterocycles. The molecular formula is C17H31NO4Si. The molecule has 2 saturated heterocycles. The molecule has 0 aromatic carbocycles. The Morgan fingerprint density at radius 1 is 1.26 bits per heavy atom. The van der Waals surface area contributed by atoms with Crippen molar-refractivity contribution >= 4 is 14.2 Å². The Hall–Kier alpha value is -0.853. The molecule has 0 aromatic heterocycles. The standard InChI is InChI=1S/C17H31NO4Si/c1-12(23(5,6)7)17(20)8-13-10-21-11-14(9-17)18(13)15(19)22-16(2,3)4/h13-14,20H,1,8-11H2,2-7H3. The number of fused-ring (bicyclic) bond motifs is 2. The number of carbonyl (C=O) groups is 1. The zero-order valence-electron chi connectivity index (χ0n) is 15.3. The number of carbonyl (C=O) groups excluding carboxylic acids is 1. The van der Waals surface area contributed by atoms with Crippen LogP contribution in [-0.2, 0) is 9.47 Å². The topological polar surface area (TPSA) is 59.0 Å². The van der Waals surface area contributed by atoms with Crippen LogP contribution in [0.2, 0.25) is 19.6 Å². The van der Waals surface area contributed by atoms with Gasteiger partial charge in [-0.3, -0.25) is 4.90 Å². The summed E-state index contributed by atoms with van der Waals surface area (Å²) in [4.78, 5) is 14.3. The van der Waals surface area contributed by atoms with Crippen molar-refractivity contribution in [3.63, 3.8) is 0 Å². The van der Waals surface area contributed by atoms with Crippen molar-refractivity contribution in [2.75, 3.05) is 13.2 Å². The van der Waals surface area contributed by atoms with E-state index in [0.29, 0.717) is 26.1 Å². The molecule has 2 atom stereocenters. The van der Waals surface area contributed by atoms with Gasteiger partial charge in [-0.05, 0) is 20.8 Å². The van der Waals surface area contributed by atoms with Gasteiger partial charge in [-0.25, -0.2) is 4.79 Å². The fourth-order valence-electron chi connectivity index (χ4n) is 3.53. The molecule has 2 aliphatic rings. The highest BCUT2D eigenvalue weighted by molar-refractivity contribution is 6.83. The van der Waals surface area contributed by atoms with Crippen molar-refractivity contribution in [2.45, 2.75) is 76.5 Å². The van der Waals surface area contributed by atoms with E-state index in [4.69, 9.17) is 9.47 Å². The van der Waals surface area contributed by atoms with E-state index in [9.17, 15) is 9.90 Å². The van der Waals surface area contributed by atoms with Crippen molar-refractivity contribution in [3.05, 3.63) is 11.8 Å². The van der Waals surface area contributed by atoms with Crippen LogP contribution in [0.5, 0.6) is 0 Å². The van der Waals surface area contributed by atoms with Gasteiger partial charge in [-0.1, -0.05) is 24.8 Å². The molecule has 0 saturated carbocycles. The molecule has 1 N–H and O–H groups in total. The molecule has 5 nitrogen and oxygen atoms in total. The predicted octanol–water partition coefficient (Wildman–Crippen LogP) is 2.95. The number of ether oxygens (including phenoxy) is 2. The smallest absolute Gasteiger partial charge is 0.410 e. The average Bonchev–Trinajstić information content (AvgIpc) is 2.33. The van der Waals surface area contributed by atoms with Crippen molar-refractivity contribution in [1.29, 1.82) is 0 Å². The van der Waals surface area contributed by atoms with Gasteiger partial charge >= 0.3 is 6.09 Å². The predicted molar refractivity (Wildman–Crippen MR) is 93.1 cm³/mol. The number of hydrogen-bond donors (Lipinski definition) is 1. The van der Waals surface area contributed by atoms with Crippen LogP contribution in [0.3, 0.4) is 0 Å². The molecule has 0 radical (unpaired) electrons. The first kappa shape index (κ1) is 18.5. The second-order valence-corrected chi connectivity index (χ2v) is 14.0. The summed E-state index contributed by atoms with van der Waals surface area (Å²) in [6.45, 7) is 17.3. The number of aliphatic hydroxyl groups is 1. The van der Waals surface area contributed by atoms with Gasteiger partial charge in [0.2, 0.25) is 0 Å². The molecule has 2 aliphatic heterocycles. The van der Waals surface area contributed by atoms with E-state index in [-0.39, 0.29) is 18.2 Å². The van der Waals surface area contributed by atoms with Crippen LogP contribution in [0, 0.1) is 0 Å². The minimum atomic E-state index is -1.68. The van der Waals surface area contributed by atoms with E-state index >= 15 is 0 Å². The van der Waals surface area contributed by atoms with Gasteiger partial charge in [0.05, 0.1) is 39.0 Å². The first-order valence-electron chi connectivity index (χ1n) is 8.35. The van der Waals surface area contributed by atoms with Crippen molar-refractivity contribution in [2.24, 2.45) is 0 Å². The van der Waals surface area contributed by atoms with Crippen molar-refractivity contribution in [3.8, 4) is 0 Å². The Labute approximate surface area is 140 Å². The molecular weight excluding hydrogens is 310 g/mol. The Kier molecular flexibility index (Phi) is 4.74. The number of nitrogens with zero attached hydrogens (tertiary/aromatic N) is 1. The van der Waals surface area contributed by atoms with Gasteiger partial charge in [0.1, 0.15) is 5.60 Å². The molecule has 0 aromatic rings. The maximum absolute atomic E-state index is 12.6. The number of morpholine rings is 1. The van der Waals surface area contributed by atoms with Gasteiger partial charge in [0, 0.05) is 12.8 Å². The Bertz CT molecular complexity index is 478. The number of rotatable bonds is 2. The summed E-state index contributed by atoms with van der Waals surface area (Å²) in [5, 5.41) is 12.2.